The summed E-state index contributed by atoms with van der Waals surface area (Å²) in [5.41, 5.74) is 0.907. The van der Waals surface area contributed by atoms with E-state index in [9.17, 15) is 14.9 Å². The molecule has 0 aromatic heterocycles. The van der Waals surface area contributed by atoms with E-state index in [1.165, 1.54) is 11.0 Å². The van der Waals surface area contributed by atoms with Crippen LogP contribution in [0.4, 0.5) is 11.4 Å². The molecule has 6 heteroatoms. The van der Waals surface area contributed by atoms with Gasteiger partial charge in [0.15, 0.2) is 0 Å². The Labute approximate surface area is 122 Å². The Bertz CT molecular complexity index is 566. The van der Waals surface area contributed by atoms with Gasteiger partial charge in [-0.3, -0.25) is 14.9 Å². The van der Waals surface area contributed by atoms with Crippen molar-refractivity contribution in [3.63, 3.8) is 0 Å². The number of anilines is 1. The molecule has 1 atom stereocenters. The van der Waals surface area contributed by atoms with E-state index in [1.54, 1.807) is 12.1 Å². The summed E-state index contributed by atoms with van der Waals surface area (Å²) in [6, 6.07) is 4.94. The number of benzene rings is 1. The van der Waals surface area contributed by atoms with E-state index in [0.717, 1.165) is 0 Å². The molecule has 1 saturated heterocycles. The van der Waals surface area contributed by atoms with Gasteiger partial charge in [0.25, 0.3) is 5.69 Å². The third-order valence-electron chi connectivity index (χ3n) is 3.38. The average Bonchev–Trinajstić information content (AvgIpc) is 2.66. The molecule has 1 aromatic rings. The monoisotopic (exact) mass is 296 g/mol. The fraction of sp³-hybridized carbons (Fsp3) is 0.500. The quantitative estimate of drug-likeness (QED) is 0.478. The number of hydrogen-bond acceptors (Lipinski definition) is 3. The Morgan fingerprint density at radius 3 is 2.50 bits per heavy atom. The molecule has 2 rings (SSSR count). The van der Waals surface area contributed by atoms with Gasteiger partial charge in [0.05, 0.1) is 16.0 Å². The van der Waals surface area contributed by atoms with Crippen molar-refractivity contribution in [3.05, 3.63) is 33.9 Å². The highest BCUT2D eigenvalue weighted by Crippen LogP contribution is 2.35. The summed E-state index contributed by atoms with van der Waals surface area (Å²) in [6.07, 6.45) is 0.274. The van der Waals surface area contributed by atoms with Gasteiger partial charge in [0.2, 0.25) is 5.91 Å². The number of carbonyl (C=O) groups is 1. The summed E-state index contributed by atoms with van der Waals surface area (Å²) in [5.74, 6) is -0.0946. The summed E-state index contributed by atoms with van der Waals surface area (Å²) in [5, 5.41) is 11.0. The minimum atomic E-state index is -0.400. The van der Waals surface area contributed by atoms with Crippen LogP contribution in [0.5, 0.6) is 0 Å². The standard InChI is InChI=1S/C14H17ClN2O3/c1-14(2,3)11-5-4-10(7-12(11)17(19)20)16-8-9(15)6-13(16)18/h4-5,7,9H,6,8H2,1-3H3. The molecule has 1 aliphatic rings. The van der Waals surface area contributed by atoms with Crippen LogP contribution in [0.1, 0.15) is 32.8 Å². The first-order valence-corrected chi connectivity index (χ1v) is 6.87. The first-order valence-electron chi connectivity index (χ1n) is 6.43. The summed E-state index contributed by atoms with van der Waals surface area (Å²) in [7, 11) is 0. The summed E-state index contributed by atoms with van der Waals surface area (Å²) < 4.78 is 0. The highest BCUT2D eigenvalue weighted by molar-refractivity contribution is 6.24. The van der Waals surface area contributed by atoms with Gasteiger partial charge in [-0.05, 0) is 17.5 Å². The summed E-state index contributed by atoms with van der Waals surface area (Å²) >= 11 is 5.96. The smallest absolute Gasteiger partial charge is 0.275 e. The molecule has 5 nitrogen and oxygen atoms in total. The van der Waals surface area contributed by atoms with Crippen LogP contribution in [0.2, 0.25) is 0 Å². The van der Waals surface area contributed by atoms with E-state index in [-0.39, 0.29) is 28.8 Å². The molecule has 108 valence electrons. The number of carbonyl (C=O) groups excluding carboxylic acids is 1. The molecule has 1 fully saturated rings. The number of nitro benzene ring substituents is 1. The number of amides is 1. The molecular formula is C14H17ClN2O3. The molecule has 1 amide bonds. The second-order valence-corrected chi connectivity index (χ2v) is 6.63. The van der Waals surface area contributed by atoms with Crippen LogP contribution in [0, 0.1) is 10.1 Å². The summed E-state index contributed by atoms with van der Waals surface area (Å²) in [4.78, 5) is 24.2. The molecule has 0 N–H and O–H groups in total. The number of rotatable bonds is 2. The van der Waals surface area contributed by atoms with Crippen molar-refractivity contribution in [2.45, 2.75) is 38.0 Å². The van der Waals surface area contributed by atoms with Gasteiger partial charge in [0.1, 0.15) is 0 Å². The Morgan fingerprint density at radius 2 is 2.05 bits per heavy atom. The number of alkyl halides is 1. The van der Waals surface area contributed by atoms with Crippen molar-refractivity contribution in [3.8, 4) is 0 Å². The minimum absolute atomic E-state index is 0.0424. The lowest BCUT2D eigenvalue weighted by atomic mass is 9.85. The van der Waals surface area contributed by atoms with Crippen molar-refractivity contribution < 1.29 is 9.72 Å². The maximum Gasteiger partial charge on any atom is 0.275 e. The largest absolute Gasteiger partial charge is 0.311 e. The van der Waals surface area contributed by atoms with Gasteiger partial charge < -0.3 is 4.90 Å². The van der Waals surface area contributed by atoms with E-state index < -0.39 is 4.92 Å². The molecular weight excluding hydrogens is 280 g/mol. The first-order chi connectivity index (χ1) is 9.20. The first kappa shape index (κ1) is 14.8. The van der Waals surface area contributed by atoms with Gasteiger partial charge in [0, 0.05) is 24.6 Å². The molecule has 20 heavy (non-hydrogen) atoms. The highest BCUT2D eigenvalue weighted by atomic mass is 35.5. The van der Waals surface area contributed by atoms with Crippen molar-refractivity contribution in [1.29, 1.82) is 0 Å². The van der Waals surface area contributed by atoms with E-state index in [4.69, 9.17) is 11.6 Å². The van der Waals surface area contributed by atoms with Gasteiger partial charge in [-0.2, -0.15) is 0 Å². The maximum absolute atomic E-state index is 11.8. The SMILES string of the molecule is CC(C)(C)c1ccc(N2CC(Cl)CC2=O)cc1[N+](=O)[O-]. The van der Waals surface area contributed by atoms with Gasteiger partial charge >= 0.3 is 0 Å². The van der Waals surface area contributed by atoms with Gasteiger partial charge in [-0.1, -0.05) is 20.8 Å². The van der Waals surface area contributed by atoms with E-state index in [2.05, 4.69) is 0 Å². The molecule has 0 spiro atoms. The Morgan fingerprint density at radius 1 is 1.40 bits per heavy atom. The zero-order chi connectivity index (χ0) is 15.1. The number of halogens is 1. The third-order valence-corrected chi connectivity index (χ3v) is 3.67. The molecule has 1 aromatic carbocycles. The Hall–Kier alpha value is -1.62. The molecule has 1 unspecified atom stereocenters. The number of nitro groups is 1. The molecule has 0 aliphatic carbocycles. The van der Waals surface area contributed by atoms with Crippen LogP contribution >= 0.6 is 11.6 Å². The molecule has 1 aliphatic heterocycles. The van der Waals surface area contributed by atoms with Crippen molar-refractivity contribution in [1.82, 2.24) is 0 Å². The predicted molar refractivity (Wildman–Crippen MR) is 78.4 cm³/mol. The lowest BCUT2D eigenvalue weighted by molar-refractivity contribution is -0.385. The normalized spacial score (nSPS) is 19.5. The molecule has 0 saturated carbocycles. The zero-order valence-electron chi connectivity index (χ0n) is 11.7. The fourth-order valence-corrected chi connectivity index (χ4v) is 2.66. The van der Waals surface area contributed by atoms with Crippen LogP contribution in [0.15, 0.2) is 18.2 Å². The van der Waals surface area contributed by atoms with Crippen LogP contribution in [-0.4, -0.2) is 22.8 Å². The average molecular weight is 297 g/mol. The highest BCUT2D eigenvalue weighted by Gasteiger charge is 2.32. The van der Waals surface area contributed by atoms with Crippen LogP contribution in [-0.2, 0) is 10.2 Å². The van der Waals surface area contributed by atoms with Gasteiger partial charge in [-0.25, -0.2) is 0 Å². The molecule has 0 bridgehead atoms. The minimum Gasteiger partial charge on any atom is -0.311 e. The lowest BCUT2D eigenvalue weighted by Gasteiger charge is -2.21. The predicted octanol–water partition coefficient (Wildman–Crippen LogP) is 3.24. The maximum atomic E-state index is 11.8. The molecule has 1 heterocycles. The van der Waals surface area contributed by atoms with Gasteiger partial charge in [-0.15, -0.1) is 11.6 Å². The van der Waals surface area contributed by atoms with Crippen LogP contribution < -0.4 is 4.90 Å². The van der Waals surface area contributed by atoms with Crippen molar-refractivity contribution in [2.24, 2.45) is 0 Å². The van der Waals surface area contributed by atoms with E-state index >= 15 is 0 Å². The van der Waals surface area contributed by atoms with Crippen LogP contribution in [0.3, 0.4) is 0 Å². The van der Waals surface area contributed by atoms with E-state index in [1.807, 2.05) is 20.8 Å². The molecule has 0 radical (unpaired) electrons. The van der Waals surface area contributed by atoms with Crippen molar-refractivity contribution in [2.75, 3.05) is 11.4 Å². The Balaban J connectivity index is 2.46. The zero-order valence-corrected chi connectivity index (χ0v) is 12.5. The van der Waals surface area contributed by atoms with Crippen LogP contribution in [0.25, 0.3) is 0 Å². The third kappa shape index (κ3) is 2.77. The lowest BCUT2D eigenvalue weighted by Crippen LogP contribution is -2.25. The second-order valence-electron chi connectivity index (χ2n) is 6.01. The Kier molecular flexibility index (Phi) is 3.73. The fourth-order valence-electron chi connectivity index (χ4n) is 2.39. The second kappa shape index (κ2) is 5.05. The van der Waals surface area contributed by atoms with Crippen molar-refractivity contribution >= 4 is 28.9 Å². The number of nitrogens with zero attached hydrogens (tertiary/aromatic N) is 2. The number of hydrogen-bond donors (Lipinski definition) is 0. The topological polar surface area (TPSA) is 63.5 Å². The summed E-state index contributed by atoms with van der Waals surface area (Å²) in [6.45, 7) is 6.16. The van der Waals surface area contributed by atoms with E-state index in [0.29, 0.717) is 17.8 Å².